The van der Waals surface area contributed by atoms with E-state index < -0.39 is 5.60 Å². The summed E-state index contributed by atoms with van der Waals surface area (Å²) in [7, 11) is 0. The van der Waals surface area contributed by atoms with Gasteiger partial charge in [-0.05, 0) is 32.8 Å². The molecule has 0 spiro atoms. The van der Waals surface area contributed by atoms with E-state index in [1.165, 1.54) is 0 Å². The van der Waals surface area contributed by atoms with Crippen LogP contribution < -0.4 is 5.48 Å². The number of hydroxylamine groups is 1. The van der Waals surface area contributed by atoms with Gasteiger partial charge in [0.05, 0.1) is 5.92 Å². The van der Waals surface area contributed by atoms with Crippen LogP contribution in [-0.2, 0) is 9.53 Å². The summed E-state index contributed by atoms with van der Waals surface area (Å²) >= 11 is 0. The van der Waals surface area contributed by atoms with Crippen LogP contribution in [0.1, 0.15) is 38.7 Å². The first-order valence-electron chi connectivity index (χ1n) is 6.09. The van der Waals surface area contributed by atoms with Crippen LogP contribution in [0, 0.1) is 0 Å². The molecule has 0 aliphatic rings. The lowest BCUT2D eigenvalue weighted by molar-refractivity contribution is -0.157. The molecule has 4 heteroatoms. The van der Waals surface area contributed by atoms with E-state index in [1.807, 2.05) is 51.1 Å². The first-order chi connectivity index (χ1) is 8.44. The quantitative estimate of drug-likeness (QED) is 0.623. The van der Waals surface area contributed by atoms with Gasteiger partial charge >= 0.3 is 5.97 Å². The number of rotatable bonds is 5. The van der Waals surface area contributed by atoms with Crippen LogP contribution in [0.3, 0.4) is 0 Å². The van der Waals surface area contributed by atoms with Crippen molar-refractivity contribution in [3.05, 3.63) is 35.9 Å². The van der Waals surface area contributed by atoms with Crippen LogP contribution in [0.5, 0.6) is 0 Å². The average molecular weight is 251 g/mol. The van der Waals surface area contributed by atoms with Gasteiger partial charge in [0.15, 0.2) is 0 Å². The molecule has 1 aromatic carbocycles. The van der Waals surface area contributed by atoms with Crippen LogP contribution in [0.15, 0.2) is 30.3 Å². The number of esters is 1. The number of hydrogen-bond donors (Lipinski definition) is 2. The molecule has 0 aliphatic heterocycles. The molecular weight excluding hydrogens is 230 g/mol. The number of nitrogens with one attached hydrogen (secondary N) is 1. The molecule has 2 N–H and O–H groups in total. The zero-order valence-electron chi connectivity index (χ0n) is 11.1. The van der Waals surface area contributed by atoms with Crippen molar-refractivity contribution in [3.8, 4) is 0 Å². The summed E-state index contributed by atoms with van der Waals surface area (Å²) in [5, 5.41) is 8.67. The summed E-state index contributed by atoms with van der Waals surface area (Å²) in [5.41, 5.74) is 2.48. The predicted molar refractivity (Wildman–Crippen MR) is 69.4 cm³/mol. The monoisotopic (exact) mass is 251 g/mol. The van der Waals surface area contributed by atoms with E-state index in [2.05, 4.69) is 5.48 Å². The van der Waals surface area contributed by atoms with Gasteiger partial charge in [0.1, 0.15) is 5.60 Å². The van der Waals surface area contributed by atoms with E-state index in [0.29, 0.717) is 13.0 Å². The zero-order chi connectivity index (χ0) is 13.6. The highest BCUT2D eigenvalue weighted by Gasteiger charge is 2.26. The van der Waals surface area contributed by atoms with Crippen LogP contribution in [-0.4, -0.2) is 23.3 Å². The van der Waals surface area contributed by atoms with Gasteiger partial charge in [0, 0.05) is 6.54 Å². The molecule has 1 rings (SSSR count). The molecule has 4 nitrogen and oxygen atoms in total. The van der Waals surface area contributed by atoms with Crippen LogP contribution in [0.4, 0.5) is 0 Å². The van der Waals surface area contributed by atoms with Crippen molar-refractivity contribution in [2.24, 2.45) is 0 Å². The molecule has 18 heavy (non-hydrogen) atoms. The normalized spacial score (nSPS) is 13.1. The van der Waals surface area contributed by atoms with Gasteiger partial charge in [0.2, 0.25) is 0 Å². The molecule has 0 bridgehead atoms. The van der Waals surface area contributed by atoms with Crippen molar-refractivity contribution in [2.75, 3.05) is 6.54 Å². The van der Waals surface area contributed by atoms with Crippen molar-refractivity contribution < 1.29 is 14.7 Å². The van der Waals surface area contributed by atoms with Crippen molar-refractivity contribution in [2.45, 2.75) is 38.7 Å². The van der Waals surface area contributed by atoms with Crippen LogP contribution in [0.2, 0.25) is 0 Å². The lowest BCUT2D eigenvalue weighted by atomic mass is 9.95. The summed E-state index contributed by atoms with van der Waals surface area (Å²) in [6.07, 6.45) is 0.495. The third-order valence-electron chi connectivity index (χ3n) is 2.44. The molecule has 1 atom stereocenters. The Kier molecular flexibility index (Phi) is 5.31. The second-order valence-electron chi connectivity index (χ2n) is 5.19. The first-order valence-corrected chi connectivity index (χ1v) is 6.09. The Morgan fingerprint density at radius 2 is 1.94 bits per heavy atom. The second-order valence-corrected chi connectivity index (χ2v) is 5.19. The number of carbonyl (C=O) groups excluding carboxylic acids is 1. The molecule has 1 aromatic rings. The van der Waals surface area contributed by atoms with Crippen LogP contribution in [0.25, 0.3) is 0 Å². The average Bonchev–Trinajstić information content (AvgIpc) is 2.28. The van der Waals surface area contributed by atoms with E-state index >= 15 is 0 Å². The summed E-state index contributed by atoms with van der Waals surface area (Å²) in [6, 6.07) is 9.47. The lowest BCUT2D eigenvalue weighted by Crippen LogP contribution is -2.29. The topological polar surface area (TPSA) is 58.6 Å². The Hall–Kier alpha value is -1.39. The minimum Gasteiger partial charge on any atom is -0.459 e. The van der Waals surface area contributed by atoms with E-state index in [0.717, 1.165) is 5.56 Å². The molecule has 0 unspecified atom stereocenters. The van der Waals surface area contributed by atoms with Gasteiger partial charge < -0.3 is 9.94 Å². The zero-order valence-corrected chi connectivity index (χ0v) is 11.1. The Bertz CT molecular complexity index is 370. The molecular formula is C14H21NO3. The Labute approximate surface area is 108 Å². The van der Waals surface area contributed by atoms with E-state index in [4.69, 9.17) is 9.94 Å². The maximum absolute atomic E-state index is 12.1. The molecule has 0 aromatic heterocycles. The van der Waals surface area contributed by atoms with E-state index in [-0.39, 0.29) is 11.9 Å². The fourth-order valence-electron chi connectivity index (χ4n) is 1.69. The minimum atomic E-state index is -0.503. The Morgan fingerprint density at radius 3 is 2.44 bits per heavy atom. The van der Waals surface area contributed by atoms with Crippen molar-refractivity contribution in [1.82, 2.24) is 5.48 Å². The highest BCUT2D eigenvalue weighted by Crippen LogP contribution is 2.23. The number of carbonyl (C=O) groups is 1. The number of benzene rings is 1. The molecule has 0 saturated carbocycles. The maximum Gasteiger partial charge on any atom is 0.313 e. The number of ether oxygens (including phenoxy) is 1. The van der Waals surface area contributed by atoms with Gasteiger partial charge in [-0.1, -0.05) is 30.3 Å². The van der Waals surface area contributed by atoms with Gasteiger partial charge in [-0.25, -0.2) is 5.48 Å². The van der Waals surface area contributed by atoms with Crippen molar-refractivity contribution >= 4 is 5.97 Å². The molecule has 0 aliphatic carbocycles. The highest BCUT2D eigenvalue weighted by molar-refractivity contribution is 5.78. The van der Waals surface area contributed by atoms with Gasteiger partial charge in [-0.3, -0.25) is 4.79 Å². The van der Waals surface area contributed by atoms with Gasteiger partial charge in [-0.2, -0.15) is 0 Å². The van der Waals surface area contributed by atoms with E-state index in [9.17, 15) is 4.79 Å². The fraction of sp³-hybridized carbons (Fsp3) is 0.500. The summed E-state index contributed by atoms with van der Waals surface area (Å²) in [6.45, 7) is 5.88. The van der Waals surface area contributed by atoms with Crippen LogP contribution >= 0.6 is 0 Å². The SMILES string of the molecule is CC(C)(C)OC(=O)[C@H](CCNO)c1ccccc1. The molecule has 0 heterocycles. The first kappa shape index (κ1) is 14.7. The Morgan fingerprint density at radius 1 is 1.33 bits per heavy atom. The maximum atomic E-state index is 12.1. The molecule has 0 radical (unpaired) electrons. The minimum absolute atomic E-state index is 0.260. The summed E-state index contributed by atoms with van der Waals surface area (Å²) in [4.78, 5) is 12.1. The van der Waals surface area contributed by atoms with Gasteiger partial charge in [0.25, 0.3) is 0 Å². The fourth-order valence-corrected chi connectivity index (χ4v) is 1.69. The summed E-state index contributed by atoms with van der Waals surface area (Å²) < 4.78 is 5.40. The molecule has 0 fully saturated rings. The standard InChI is InChI=1S/C14H21NO3/c1-14(2,3)18-13(16)12(9-10-15-17)11-7-5-4-6-8-11/h4-8,12,15,17H,9-10H2,1-3H3/t12-/m1/s1. The predicted octanol–water partition coefficient (Wildman–Crippen LogP) is 2.48. The largest absolute Gasteiger partial charge is 0.459 e. The van der Waals surface area contributed by atoms with Gasteiger partial charge in [-0.15, -0.1) is 0 Å². The van der Waals surface area contributed by atoms with Crippen molar-refractivity contribution in [1.29, 1.82) is 0 Å². The van der Waals surface area contributed by atoms with E-state index in [1.54, 1.807) is 0 Å². The molecule has 0 saturated heterocycles. The van der Waals surface area contributed by atoms with Crippen molar-refractivity contribution in [3.63, 3.8) is 0 Å². The Balaban J connectivity index is 2.82. The smallest absolute Gasteiger partial charge is 0.313 e. The lowest BCUT2D eigenvalue weighted by Gasteiger charge is -2.24. The third-order valence-corrected chi connectivity index (χ3v) is 2.44. The molecule has 100 valence electrons. The molecule has 0 amide bonds. The third kappa shape index (κ3) is 4.85. The number of hydrogen-bond acceptors (Lipinski definition) is 4. The second kappa shape index (κ2) is 6.52. The summed E-state index contributed by atoms with van der Waals surface area (Å²) in [5.74, 6) is -0.617. The highest BCUT2D eigenvalue weighted by atomic mass is 16.6.